The van der Waals surface area contributed by atoms with Gasteiger partial charge < -0.3 is 11.1 Å². The second-order valence-electron chi connectivity index (χ2n) is 9.27. The number of alkyl halides is 3. The number of aryl methyl sites for hydroxylation is 2. The van der Waals surface area contributed by atoms with Crippen LogP contribution in [0.1, 0.15) is 54.7 Å². The fourth-order valence-electron chi connectivity index (χ4n) is 4.83. The van der Waals surface area contributed by atoms with Crippen molar-refractivity contribution in [1.29, 1.82) is 0 Å². The van der Waals surface area contributed by atoms with Crippen molar-refractivity contribution < 1.29 is 22.1 Å². The number of nitrogens with one attached hydrogen (secondary N) is 1. The molecule has 10 nitrogen and oxygen atoms in total. The van der Waals surface area contributed by atoms with Crippen LogP contribution in [0.4, 0.5) is 24.8 Å². The molecule has 13 heteroatoms. The molecular weight excluding hydrogens is 477 g/mol. The Hall–Kier alpha value is -3.90. The number of anilines is 2. The Kier molecular flexibility index (Phi) is 4.55. The fraction of sp³-hybridized carbons (Fsp3) is 0.435. The number of aromatic nitrogens is 6. The summed E-state index contributed by atoms with van der Waals surface area (Å²) < 4.78 is 68.2. The van der Waals surface area contributed by atoms with Gasteiger partial charge >= 0.3 is 5.69 Å². The van der Waals surface area contributed by atoms with Crippen LogP contribution >= 0.6 is 0 Å². The molecule has 1 aliphatic carbocycles. The predicted molar refractivity (Wildman–Crippen MR) is 127 cm³/mol. The van der Waals surface area contributed by atoms with E-state index in [1.165, 1.54) is 22.9 Å². The van der Waals surface area contributed by atoms with Crippen molar-refractivity contribution in [2.45, 2.75) is 57.8 Å². The maximum absolute atomic E-state index is 14.0. The standard InChI is InChI=1S/C23H25F3N8O2/c1-10(2)33-13-6-15(28-9-14(13)32(4)22(33)36)29-16-5-11(3)17-19(30-16)34(20(31-17)18(25)26)23(21(27)35)7-12(24)8-23/h5-6,9-10,12,18H,7-8H2,1-4H3,(H2,27,35)(H,28,29,30)/i4D3. The molecule has 0 aromatic carbocycles. The van der Waals surface area contributed by atoms with Gasteiger partial charge in [0.15, 0.2) is 11.5 Å². The van der Waals surface area contributed by atoms with Crippen LogP contribution in [0.15, 0.2) is 23.1 Å². The summed E-state index contributed by atoms with van der Waals surface area (Å²) in [5.74, 6) is -1.38. The molecule has 1 amide bonds. The lowest BCUT2D eigenvalue weighted by Crippen LogP contribution is -2.57. The smallest absolute Gasteiger partial charge is 0.329 e. The molecule has 36 heavy (non-hydrogen) atoms. The van der Waals surface area contributed by atoms with Crippen LogP contribution in [0.3, 0.4) is 0 Å². The molecule has 1 fully saturated rings. The Morgan fingerprint density at radius 1 is 1.25 bits per heavy atom. The highest BCUT2D eigenvalue weighted by molar-refractivity contribution is 5.88. The molecular formula is C23H25F3N8O2. The van der Waals surface area contributed by atoms with Crippen molar-refractivity contribution in [3.63, 3.8) is 0 Å². The molecule has 4 aromatic rings. The molecule has 4 heterocycles. The zero-order valence-corrected chi connectivity index (χ0v) is 19.6. The van der Waals surface area contributed by atoms with Crippen LogP contribution in [0.5, 0.6) is 0 Å². The average molecular weight is 506 g/mol. The van der Waals surface area contributed by atoms with Crippen molar-refractivity contribution in [2.24, 2.45) is 12.7 Å². The molecule has 4 aromatic heterocycles. The number of primary amides is 1. The van der Waals surface area contributed by atoms with Gasteiger partial charge in [0.05, 0.1) is 17.2 Å². The number of carbonyl (C=O) groups excluding carboxylic acids is 1. The maximum Gasteiger partial charge on any atom is 0.329 e. The van der Waals surface area contributed by atoms with Gasteiger partial charge in [-0.2, -0.15) is 0 Å². The number of hydrogen-bond donors (Lipinski definition) is 2. The number of fused-ring (bicyclic) bond motifs is 2. The number of carbonyl (C=O) groups is 1. The number of imidazole rings is 2. The average Bonchev–Trinajstić information content (AvgIpc) is 3.31. The zero-order valence-electron chi connectivity index (χ0n) is 22.6. The lowest BCUT2D eigenvalue weighted by Gasteiger charge is -2.43. The van der Waals surface area contributed by atoms with Gasteiger partial charge in [0.2, 0.25) is 5.91 Å². The van der Waals surface area contributed by atoms with Crippen molar-refractivity contribution in [2.75, 3.05) is 5.32 Å². The minimum Gasteiger partial charge on any atom is -0.368 e. The van der Waals surface area contributed by atoms with E-state index in [9.17, 15) is 22.8 Å². The van der Waals surface area contributed by atoms with E-state index < -0.39 is 42.5 Å². The van der Waals surface area contributed by atoms with Crippen LogP contribution in [0, 0.1) is 6.92 Å². The summed E-state index contributed by atoms with van der Waals surface area (Å²) in [5.41, 5.74) is 3.98. The third kappa shape index (κ3) is 3.36. The minimum absolute atomic E-state index is 0.0766. The third-order valence-electron chi connectivity index (χ3n) is 6.56. The quantitative estimate of drug-likeness (QED) is 0.414. The van der Waals surface area contributed by atoms with E-state index in [-0.39, 0.29) is 47.2 Å². The van der Waals surface area contributed by atoms with Gasteiger partial charge in [-0.3, -0.25) is 18.5 Å². The second-order valence-corrected chi connectivity index (χ2v) is 9.27. The van der Waals surface area contributed by atoms with Crippen LogP contribution < -0.4 is 16.7 Å². The minimum atomic E-state index is -3.08. The highest BCUT2D eigenvalue weighted by Gasteiger charge is 2.54. The number of rotatable bonds is 6. The van der Waals surface area contributed by atoms with E-state index in [0.29, 0.717) is 15.6 Å². The maximum atomic E-state index is 14.0. The van der Waals surface area contributed by atoms with E-state index in [4.69, 9.17) is 9.85 Å². The predicted octanol–water partition coefficient (Wildman–Crippen LogP) is 3.36. The summed E-state index contributed by atoms with van der Waals surface area (Å²) in [7, 11) is 0. The Morgan fingerprint density at radius 2 is 1.97 bits per heavy atom. The van der Waals surface area contributed by atoms with E-state index >= 15 is 0 Å². The molecule has 0 atom stereocenters. The van der Waals surface area contributed by atoms with Crippen LogP contribution in [-0.4, -0.2) is 40.7 Å². The number of nitrogens with two attached hydrogens (primary N) is 1. The zero-order chi connectivity index (χ0) is 28.6. The van der Waals surface area contributed by atoms with Gasteiger partial charge in [0.1, 0.15) is 28.9 Å². The first kappa shape index (κ1) is 20.3. The molecule has 5 rings (SSSR count). The SMILES string of the molecule is [2H]C([2H])([2H])n1c(=O)n(C(C)C)c2cc(Nc3cc(C)c4nc(C(F)F)n(C5(C(N)=O)CC(F)C5)c4n3)ncc21. The normalized spacial score (nSPS) is 21.6. The van der Waals surface area contributed by atoms with Crippen LogP contribution in [0.25, 0.3) is 22.2 Å². The topological polar surface area (TPSA) is 126 Å². The molecule has 1 saturated carbocycles. The van der Waals surface area contributed by atoms with Crippen molar-refractivity contribution in [3.8, 4) is 0 Å². The van der Waals surface area contributed by atoms with E-state index in [1.54, 1.807) is 20.8 Å². The highest BCUT2D eigenvalue weighted by atomic mass is 19.3. The number of halogens is 3. The Bertz CT molecular complexity index is 1690. The highest BCUT2D eigenvalue weighted by Crippen LogP contribution is 2.45. The molecule has 0 unspecified atom stereocenters. The summed E-state index contributed by atoms with van der Waals surface area (Å²) >= 11 is 0. The van der Waals surface area contributed by atoms with E-state index in [1.807, 2.05) is 0 Å². The fourth-order valence-corrected chi connectivity index (χ4v) is 4.83. The van der Waals surface area contributed by atoms with Gasteiger partial charge in [-0.15, -0.1) is 0 Å². The molecule has 3 N–H and O–H groups in total. The lowest BCUT2D eigenvalue weighted by atomic mass is 9.74. The largest absolute Gasteiger partial charge is 0.368 e. The summed E-state index contributed by atoms with van der Waals surface area (Å²) in [5, 5.41) is 2.95. The van der Waals surface area contributed by atoms with Gasteiger partial charge in [-0.25, -0.2) is 32.9 Å². The second kappa shape index (κ2) is 8.07. The summed E-state index contributed by atoms with van der Waals surface area (Å²) in [6.07, 6.45) is -3.98. The third-order valence-corrected chi connectivity index (χ3v) is 6.56. The molecule has 1 aliphatic rings. The van der Waals surface area contributed by atoms with Gasteiger partial charge in [-0.05, 0) is 32.4 Å². The molecule has 0 bridgehead atoms. The number of pyridine rings is 2. The molecule has 0 radical (unpaired) electrons. The van der Waals surface area contributed by atoms with E-state index in [0.717, 1.165) is 4.57 Å². The molecule has 190 valence electrons. The molecule has 0 aliphatic heterocycles. The molecule has 0 spiro atoms. The Labute approximate surface area is 207 Å². The first-order chi connectivity index (χ1) is 18.2. The van der Waals surface area contributed by atoms with Gasteiger partial charge in [0.25, 0.3) is 6.43 Å². The van der Waals surface area contributed by atoms with Crippen LogP contribution in [0.2, 0.25) is 0 Å². The first-order valence-corrected chi connectivity index (χ1v) is 11.2. The lowest BCUT2D eigenvalue weighted by molar-refractivity contribution is -0.135. The Balaban J connectivity index is 1.66. The van der Waals surface area contributed by atoms with Crippen molar-refractivity contribution >= 4 is 39.7 Å². The summed E-state index contributed by atoms with van der Waals surface area (Å²) in [6, 6.07) is 2.64. The van der Waals surface area contributed by atoms with Crippen LogP contribution in [-0.2, 0) is 17.3 Å². The van der Waals surface area contributed by atoms with E-state index in [2.05, 4.69) is 20.3 Å². The number of nitrogens with zero attached hydrogens (tertiary/aromatic N) is 6. The van der Waals surface area contributed by atoms with Crippen molar-refractivity contribution in [3.05, 3.63) is 40.2 Å². The van der Waals surface area contributed by atoms with Crippen molar-refractivity contribution in [1.82, 2.24) is 28.7 Å². The van der Waals surface area contributed by atoms with Gasteiger partial charge in [-0.1, -0.05) is 0 Å². The number of amides is 1. The summed E-state index contributed by atoms with van der Waals surface area (Å²) in [6.45, 7) is 2.35. The van der Waals surface area contributed by atoms with Gasteiger partial charge in [0, 0.05) is 36.0 Å². The summed E-state index contributed by atoms with van der Waals surface area (Å²) in [4.78, 5) is 37.9. The molecule has 0 saturated heterocycles. The number of hydrogen-bond acceptors (Lipinski definition) is 6. The monoisotopic (exact) mass is 505 g/mol. The Morgan fingerprint density at radius 3 is 2.56 bits per heavy atom. The first-order valence-electron chi connectivity index (χ1n) is 12.7.